The van der Waals surface area contributed by atoms with E-state index in [2.05, 4.69) is 17.6 Å². The molecule has 29 heavy (non-hydrogen) atoms. The van der Waals surface area contributed by atoms with Gasteiger partial charge in [0.15, 0.2) is 0 Å². The topological polar surface area (TPSA) is 67.4 Å². The Labute approximate surface area is 172 Å². The van der Waals surface area contributed by atoms with E-state index >= 15 is 0 Å². The van der Waals surface area contributed by atoms with Gasteiger partial charge in [-0.15, -0.1) is 0 Å². The lowest BCUT2D eigenvalue weighted by molar-refractivity contribution is -0.125. The molecule has 0 heterocycles. The fraction of sp³-hybridized carbons (Fsp3) is 0.417. The highest BCUT2D eigenvalue weighted by molar-refractivity contribution is 5.95. The van der Waals surface area contributed by atoms with Gasteiger partial charge in [-0.3, -0.25) is 9.59 Å². The number of rotatable bonds is 5. The van der Waals surface area contributed by atoms with E-state index in [9.17, 15) is 9.59 Å². The highest BCUT2D eigenvalue weighted by Crippen LogP contribution is 2.32. The Morgan fingerprint density at radius 3 is 2.03 bits per heavy atom. The lowest BCUT2D eigenvalue weighted by atomic mass is 9.81. The van der Waals surface area contributed by atoms with Crippen molar-refractivity contribution in [3.8, 4) is 5.75 Å². The van der Waals surface area contributed by atoms with E-state index in [-0.39, 0.29) is 23.7 Å². The molecule has 0 spiro atoms. The van der Waals surface area contributed by atoms with Gasteiger partial charge in [-0.2, -0.15) is 0 Å². The summed E-state index contributed by atoms with van der Waals surface area (Å²) in [5.41, 5.74) is 4.97. The highest BCUT2D eigenvalue weighted by atomic mass is 16.5. The molecule has 5 heteroatoms. The van der Waals surface area contributed by atoms with Crippen LogP contribution in [0.2, 0.25) is 0 Å². The molecule has 0 saturated heterocycles. The zero-order valence-corrected chi connectivity index (χ0v) is 17.7. The van der Waals surface area contributed by atoms with Crippen LogP contribution in [0, 0.1) is 32.6 Å². The number of amides is 2. The Kier molecular flexibility index (Phi) is 6.57. The number of hydrogen-bond donors (Lipinski definition) is 2. The van der Waals surface area contributed by atoms with E-state index in [1.165, 1.54) is 5.56 Å². The van der Waals surface area contributed by atoms with Crippen molar-refractivity contribution in [2.24, 2.45) is 11.8 Å². The van der Waals surface area contributed by atoms with Crippen molar-refractivity contribution in [1.82, 2.24) is 0 Å². The smallest absolute Gasteiger partial charge is 0.227 e. The third-order valence-corrected chi connectivity index (χ3v) is 5.86. The van der Waals surface area contributed by atoms with Crippen LogP contribution in [0.3, 0.4) is 0 Å². The Morgan fingerprint density at radius 1 is 0.828 bits per heavy atom. The van der Waals surface area contributed by atoms with Crippen molar-refractivity contribution in [1.29, 1.82) is 0 Å². The van der Waals surface area contributed by atoms with Crippen molar-refractivity contribution in [3.63, 3.8) is 0 Å². The molecule has 1 saturated carbocycles. The monoisotopic (exact) mass is 394 g/mol. The van der Waals surface area contributed by atoms with Crippen LogP contribution in [0.1, 0.15) is 42.4 Å². The number of nitrogens with one attached hydrogen (secondary N) is 2. The van der Waals surface area contributed by atoms with Crippen molar-refractivity contribution in [3.05, 3.63) is 53.1 Å². The lowest BCUT2D eigenvalue weighted by Crippen LogP contribution is -2.32. The SMILES string of the molecule is COc1ccc(C)cc1NC(=O)C1CCC(C(=O)Nc2ccc(C)c(C)c2)CC1. The maximum absolute atomic E-state index is 12.7. The average molecular weight is 395 g/mol. The Morgan fingerprint density at radius 2 is 1.45 bits per heavy atom. The van der Waals surface area contributed by atoms with Gasteiger partial charge in [0.1, 0.15) is 5.75 Å². The van der Waals surface area contributed by atoms with Crippen LogP contribution in [0.4, 0.5) is 11.4 Å². The normalized spacial score (nSPS) is 18.8. The molecule has 1 aliphatic carbocycles. The number of anilines is 2. The quantitative estimate of drug-likeness (QED) is 0.749. The van der Waals surface area contributed by atoms with Crippen molar-refractivity contribution < 1.29 is 14.3 Å². The summed E-state index contributed by atoms with van der Waals surface area (Å²) in [7, 11) is 1.60. The van der Waals surface area contributed by atoms with Crippen LogP contribution >= 0.6 is 0 Å². The van der Waals surface area contributed by atoms with Crippen molar-refractivity contribution >= 4 is 23.2 Å². The zero-order valence-electron chi connectivity index (χ0n) is 17.7. The highest BCUT2D eigenvalue weighted by Gasteiger charge is 2.30. The number of carbonyl (C=O) groups excluding carboxylic acids is 2. The average Bonchev–Trinajstić information content (AvgIpc) is 2.71. The molecule has 1 fully saturated rings. The molecule has 3 rings (SSSR count). The first-order chi connectivity index (χ1) is 13.9. The van der Waals surface area contributed by atoms with Gasteiger partial charge in [0, 0.05) is 17.5 Å². The summed E-state index contributed by atoms with van der Waals surface area (Å²) in [5, 5.41) is 6.03. The second-order valence-electron chi connectivity index (χ2n) is 8.03. The minimum atomic E-state index is -0.0779. The number of ether oxygens (including phenoxy) is 1. The molecule has 5 nitrogen and oxygen atoms in total. The van der Waals surface area contributed by atoms with Crippen LogP contribution in [0.25, 0.3) is 0 Å². The second kappa shape index (κ2) is 9.12. The first-order valence-corrected chi connectivity index (χ1v) is 10.2. The van der Waals surface area contributed by atoms with E-state index < -0.39 is 0 Å². The molecule has 154 valence electrons. The molecule has 0 bridgehead atoms. The minimum absolute atomic E-state index is 0.00178. The van der Waals surface area contributed by atoms with E-state index in [0.29, 0.717) is 24.3 Å². The third kappa shape index (κ3) is 5.17. The van der Waals surface area contributed by atoms with Crippen LogP contribution in [0.5, 0.6) is 5.75 Å². The molecule has 0 unspecified atom stereocenters. The van der Waals surface area contributed by atoms with E-state index in [1.54, 1.807) is 7.11 Å². The van der Waals surface area contributed by atoms with Gasteiger partial charge in [-0.1, -0.05) is 12.1 Å². The number of carbonyl (C=O) groups is 2. The molecule has 0 aliphatic heterocycles. The van der Waals surface area contributed by atoms with Gasteiger partial charge < -0.3 is 15.4 Å². The summed E-state index contributed by atoms with van der Waals surface area (Å²) >= 11 is 0. The number of aryl methyl sites for hydroxylation is 3. The van der Waals surface area contributed by atoms with Crippen molar-refractivity contribution in [2.75, 3.05) is 17.7 Å². The molecule has 2 N–H and O–H groups in total. The zero-order chi connectivity index (χ0) is 21.0. The van der Waals surface area contributed by atoms with E-state index in [0.717, 1.165) is 29.7 Å². The molecule has 0 aromatic heterocycles. The fourth-order valence-corrected chi connectivity index (χ4v) is 3.84. The van der Waals surface area contributed by atoms with E-state index in [1.807, 2.05) is 50.2 Å². The summed E-state index contributed by atoms with van der Waals surface area (Å²) in [6.45, 7) is 6.08. The number of methoxy groups -OCH3 is 1. The van der Waals surface area contributed by atoms with Crippen LogP contribution in [0.15, 0.2) is 36.4 Å². The van der Waals surface area contributed by atoms with Gasteiger partial charge in [0.2, 0.25) is 11.8 Å². The van der Waals surface area contributed by atoms with Crippen LogP contribution in [-0.2, 0) is 9.59 Å². The maximum Gasteiger partial charge on any atom is 0.227 e. The first-order valence-electron chi connectivity index (χ1n) is 10.2. The summed E-state index contributed by atoms with van der Waals surface area (Å²) in [5.74, 6) is 0.583. The predicted octanol–water partition coefficient (Wildman–Crippen LogP) is 5.00. The fourth-order valence-electron chi connectivity index (χ4n) is 3.84. The Hall–Kier alpha value is -2.82. The van der Waals surface area contributed by atoms with Gasteiger partial charge in [0.25, 0.3) is 0 Å². The predicted molar refractivity (Wildman–Crippen MR) is 116 cm³/mol. The van der Waals surface area contributed by atoms with Gasteiger partial charge >= 0.3 is 0 Å². The van der Waals surface area contributed by atoms with Gasteiger partial charge in [-0.05, 0) is 87.4 Å². The molecular formula is C24H30N2O3. The molecule has 2 aromatic rings. The number of hydrogen-bond acceptors (Lipinski definition) is 3. The van der Waals surface area contributed by atoms with Gasteiger partial charge in [0.05, 0.1) is 12.8 Å². The standard InChI is InChI=1S/C24H30N2O3/c1-15-5-12-22(29-4)21(13-15)26-24(28)19-9-7-18(8-10-19)23(27)25-20-11-6-16(2)17(3)14-20/h5-6,11-14,18-19H,7-10H2,1-4H3,(H,25,27)(H,26,28). The van der Waals surface area contributed by atoms with Crippen LogP contribution in [-0.4, -0.2) is 18.9 Å². The molecule has 1 aliphatic rings. The summed E-state index contributed by atoms with van der Waals surface area (Å²) < 4.78 is 5.34. The molecule has 0 radical (unpaired) electrons. The molecule has 2 amide bonds. The summed E-state index contributed by atoms with van der Waals surface area (Å²) in [6, 6.07) is 11.7. The maximum atomic E-state index is 12.7. The lowest BCUT2D eigenvalue weighted by Gasteiger charge is -2.27. The van der Waals surface area contributed by atoms with Crippen molar-refractivity contribution in [2.45, 2.75) is 46.5 Å². The molecule has 0 atom stereocenters. The first kappa shape index (κ1) is 20.9. The van der Waals surface area contributed by atoms with Gasteiger partial charge in [-0.25, -0.2) is 0 Å². The largest absolute Gasteiger partial charge is 0.495 e. The molecular weight excluding hydrogens is 364 g/mol. The minimum Gasteiger partial charge on any atom is -0.495 e. The third-order valence-electron chi connectivity index (χ3n) is 5.86. The summed E-state index contributed by atoms with van der Waals surface area (Å²) in [4.78, 5) is 25.3. The van der Waals surface area contributed by atoms with E-state index in [4.69, 9.17) is 4.74 Å². The summed E-state index contributed by atoms with van der Waals surface area (Å²) in [6.07, 6.45) is 2.87. The Balaban J connectivity index is 1.54. The van der Waals surface area contributed by atoms with Crippen LogP contribution < -0.4 is 15.4 Å². The molecule has 2 aromatic carbocycles. The second-order valence-corrected chi connectivity index (χ2v) is 8.03. The number of benzene rings is 2. The Bertz CT molecular complexity index is 899.